The zero-order valence-electron chi connectivity index (χ0n) is 17.5. The van der Waals surface area contributed by atoms with Crippen LogP contribution in [0.3, 0.4) is 0 Å². The average Bonchev–Trinajstić information content (AvgIpc) is 3.22. The minimum absolute atomic E-state index is 0.138. The van der Waals surface area contributed by atoms with E-state index in [1.165, 1.54) is 29.0 Å². The highest BCUT2D eigenvalue weighted by Gasteiger charge is 2.17. The van der Waals surface area contributed by atoms with Crippen molar-refractivity contribution in [1.82, 2.24) is 9.55 Å². The zero-order chi connectivity index (χ0) is 22.2. The first-order valence-corrected chi connectivity index (χ1v) is 11.8. The molecule has 2 heterocycles. The smallest absolute Gasteiger partial charge is 0.336 e. The molecule has 1 aliphatic rings. The van der Waals surface area contributed by atoms with Crippen LogP contribution in [-0.2, 0) is 29.9 Å². The van der Waals surface area contributed by atoms with Crippen LogP contribution in [0.1, 0.15) is 23.1 Å². The fraction of sp³-hybridized carbons (Fsp3) is 0.292. The summed E-state index contributed by atoms with van der Waals surface area (Å²) in [5.74, 6) is 0.479. The summed E-state index contributed by atoms with van der Waals surface area (Å²) in [5.41, 5.74) is 4.09. The van der Waals surface area contributed by atoms with Crippen LogP contribution >= 0.6 is 23.4 Å². The van der Waals surface area contributed by atoms with E-state index in [1.807, 2.05) is 6.07 Å². The zero-order valence-corrected chi connectivity index (χ0v) is 19.1. The van der Waals surface area contributed by atoms with Crippen LogP contribution in [-0.4, -0.2) is 23.3 Å². The largest absolute Gasteiger partial charge is 0.423 e. The molecule has 0 saturated heterocycles. The van der Waals surface area contributed by atoms with Crippen molar-refractivity contribution >= 4 is 45.2 Å². The second kappa shape index (κ2) is 8.73. The van der Waals surface area contributed by atoms with Crippen molar-refractivity contribution in [2.24, 2.45) is 0 Å². The molecule has 164 valence electrons. The summed E-state index contributed by atoms with van der Waals surface area (Å²) in [6.45, 7) is 0.770. The second-order valence-corrected chi connectivity index (χ2v) is 9.23. The van der Waals surface area contributed by atoms with Crippen molar-refractivity contribution in [1.29, 1.82) is 0 Å². The van der Waals surface area contributed by atoms with Gasteiger partial charge in [-0.05, 0) is 66.3 Å². The number of aryl methyl sites for hydroxylation is 2. The number of hydrogen-bond donors (Lipinski definition) is 0. The Morgan fingerprint density at radius 3 is 2.75 bits per heavy atom. The van der Waals surface area contributed by atoms with Crippen molar-refractivity contribution in [3.63, 3.8) is 0 Å². The van der Waals surface area contributed by atoms with Gasteiger partial charge in [-0.25, -0.2) is 9.78 Å². The molecule has 1 aliphatic carbocycles. The highest BCUT2D eigenvalue weighted by molar-refractivity contribution is 7.98. The number of thioether (sulfide) groups is 1. The van der Waals surface area contributed by atoms with Gasteiger partial charge in [-0.1, -0.05) is 23.4 Å². The molecule has 0 unspecified atom stereocenters. The Kier molecular flexibility index (Phi) is 5.80. The van der Waals surface area contributed by atoms with Crippen molar-refractivity contribution in [2.45, 2.75) is 36.7 Å². The van der Waals surface area contributed by atoms with Crippen LogP contribution in [0.4, 0.5) is 0 Å². The Labute approximate surface area is 193 Å². The number of rotatable bonds is 6. The number of fused-ring (bicyclic) bond motifs is 3. The normalized spacial score (nSPS) is 13.2. The van der Waals surface area contributed by atoms with E-state index in [2.05, 4.69) is 6.07 Å². The van der Waals surface area contributed by atoms with Crippen LogP contribution in [0.5, 0.6) is 0 Å². The van der Waals surface area contributed by atoms with Crippen LogP contribution in [0.15, 0.2) is 55.6 Å². The van der Waals surface area contributed by atoms with E-state index in [0.717, 1.165) is 30.2 Å². The van der Waals surface area contributed by atoms with Crippen LogP contribution < -0.4 is 11.2 Å². The molecule has 0 saturated carbocycles. The molecule has 4 aromatic rings. The molecule has 5 rings (SSSR count). The highest BCUT2D eigenvalue weighted by atomic mass is 35.5. The molecule has 32 heavy (non-hydrogen) atoms. The molecular weight excluding hydrogens is 448 g/mol. The Morgan fingerprint density at radius 1 is 1.12 bits per heavy atom. The summed E-state index contributed by atoms with van der Waals surface area (Å²) in [4.78, 5) is 30.0. The lowest BCUT2D eigenvalue weighted by atomic mass is 10.0. The van der Waals surface area contributed by atoms with E-state index < -0.39 is 0 Å². The summed E-state index contributed by atoms with van der Waals surface area (Å²) < 4.78 is 12.3. The average molecular weight is 469 g/mol. The van der Waals surface area contributed by atoms with Crippen molar-refractivity contribution in [3.05, 3.63) is 78.9 Å². The minimum Gasteiger partial charge on any atom is -0.423 e. The van der Waals surface area contributed by atoms with Gasteiger partial charge >= 0.3 is 5.63 Å². The molecule has 0 bridgehead atoms. The summed E-state index contributed by atoms with van der Waals surface area (Å²) in [6.07, 6.45) is 3.18. The first kappa shape index (κ1) is 21.2. The first-order chi connectivity index (χ1) is 15.5. The van der Waals surface area contributed by atoms with Crippen LogP contribution in [0.2, 0.25) is 5.02 Å². The first-order valence-electron chi connectivity index (χ1n) is 10.4. The van der Waals surface area contributed by atoms with Crippen LogP contribution in [0, 0.1) is 0 Å². The molecule has 6 nitrogen and oxygen atoms in total. The minimum atomic E-state index is -0.374. The SMILES string of the molecule is COCCn1c(SCc2cc(=O)oc3cc4c(cc23)CCC4)nc2cc(Cl)ccc2c1=O. The summed E-state index contributed by atoms with van der Waals surface area (Å²) in [6, 6.07) is 10.8. The molecular formula is C24H21ClN2O4S. The van der Waals surface area contributed by atoms with E-state index >= 15 is 0 Å². The third-order valence-electron chi connectivity index (χ3n) is 5.80. The predicted octanol–water partition coefficient (Wildman–Crippen LogP) is 4.58. The molecule has 0 N–H and O–H groups in total. The number of aromatic nitrogens is 2. The molecule has 0 spiro atoms. The van der Waals surface area contributed by atoms with Crippen molar-refractivity contribution < 1.29 is 9.15 Å². The number of hydrogen-bond acceptors (Lipinski definition) is 6. The lowest BCUT2D eigenvalue weighted by molar-refractivity contribution is 0.183. The Balaban J connectivity index is 1.57. The molecule has 8 heteroatoms. The third kappa shape index (κ3) is 3.96. The topological polar surface area (TPSA) is 74.3 Å². The summed E-state index contributed by atoms with van der Waals surface area (Å²) >= 11 is 7.54. The van der Waals surface area contributed by atoms with Gasteiger partial charge in [0.1, 0.15) is 5.58 Å². The third-order valence-corrected chi connectivity index (χ3v) is 7.06. The predicted molar refractivity (Wildman–Crippen MR) is 127 cm³/mol. The van der Waals surface area contributed by atoms with Gasteiger partial charge in [0.15, 0.2) is 5.16 Å². The van der Waals surface area contributed by atoms with Gasteiger partial charge < -0.3 is 9.15 Å². The Bertz CT molecular complexity index is 1460. The number of methoxy groups -OCH3 is 1. The Morgan fingerprint density at radius 2 is 1.94 bits per heavy atom. The number of halogens is 1. The second-order valence-electron chi connectivity index (χ2n) is 7.86. The molecule has 2 aromatic heterocycles. The van der Waals surface area contributed by atoms with Crippen molar-refractivity contribution in [2.75, 3.05) is 13.7 Å². The van der Waals surface area contributed by atoms with Gasteiger partial charge in [0.25, 0.3) is 5.56 Å². The van der Waals surface area contributed by atoms with Gasteiger partial charge in [0, 0.05) is 29.3 Å². The molecule has 2 aromatic carbocycles. The van der Waals surface area contributed by atoms with E-state index in [9.17, 15) is 9.59 Å². The van der Waals surface area contributed by atoms with Gasteiger partial charge in [0.05, 0.1) is 24.1 Å². The van der Waals surface area contributed by atoms with Gasteiger partial charge in [0.2, 0.25) is 0 Å². The summed E-state index contributed by atoms with van der Waals surface area (Å²) in [7, 11) is 1.60. The van der Waals surface area contributed by atoms with Crippen LogP contribution in [0.25, 0.3) is 21.9 Å². The lowest BCUT2D eigenvalue weighted by Gasteiger charge is -2.13. The number of nitrogens with zero attached hydrogens (tertiary/aromatic N) is 2. The molecule has 0 aliphatic heterocycles. The van der Waals surface area contributed by atoms with Gasteiger partial charge in [-0.2, -0.15) is 0 Å². The summed E-state index contributed by atoms with van der Waals surface area (Å²) in [5, 5.41) is 2.53. The Hall–Kier alpha value is -2.61. The monoisotopic (exact) mass is 468 g/mol. The van der Waals surface area contributed by atoms with Gasteiger partial charge in [-0.15, -0.1) is 0 Å². The maximum Gasteiger partial charge on any atom is 0.336 e. The quantitative estimate of drug-likeness (QED) is 0.234. The standard InChI is InChI=1S/C24H21ClN2O4S/c1-30-8-7-27-23(29)18-6-5-17(25)12-20(18)26-24(27)32-13-16-11-22(28)31-21-10-15-4-2-3-14(15)9-19(16)21/h5-6,9-12H,2-4,7-8,13H2,1H3. The van der Waals surface area contributed by atoms with Gasteiger partial charge in [-0.3, -0.25) is 9.36 Å². The van der Waals surface area contributed by atoms with E-state index in [-0.39, 0.29) is 11.2 Å². The molecule has 0 amide bonds. The van der Waals surface area contributed by atoms with E-state index in [0.29, 0.717) is 45.6 Å². The molecule has 0 radical (unpaired) electrons. The van der Waals surface area contributed by atoms with Crippen molar-refractivity contribution in [3.8, 4) is 0 Å². The number of ether oxygens (including phenoxy) is 1. The maximum absolute atomic E-state index is 13.1. The lowest BCUT2D eigenvalue weighted by Crippen LogP contribution is -2.25. The highest BCUT2D eigenvalue weighted by Crippen LogP contribution is 2.31. The number of benzene rings is 2. The fourth-order valence-electron chi connectivity index (χ4n) is 4.22. The fourth-order valence-corrected chi connectivity index (χ4v) is 5.40. The van der Waals surface area contributed by atoms with E-state index in [1.54, 1.807) is 29.9 Å². The molecule has 0 atom stereocenters. The van der Waals surface area contributed by atoms with E-state index in [4.69, 9.17) is 25.7 Å². The maximum atomic E-state index is 13.1. The molecule has 0 fully saturated rings.